The number of halogens is 1. The predicted octanol–water partition coefficient (Wildman–Crippen LogP) is 1.69. The number of hydrogen-bond acceptors (Lipinski definition) is 4. The molecule has 0 fully saturated rings. The SMILES string of the molecule is NCCc1nncc(-c2cccc(Cl)c2)n1. The Morgan fingerprint density at radius 3 is 2.94 bits per heavy atom. The zero-order chi connectivity index (χ0) is 11.4. The first-order chi connectivity index (χ1) is 7.79. The molecule has 0 aliphatic rings. The first kappa shape index (κ1) is 11.0. The molecule has 0 aliphatic heterocycles. The fourth-order valence-corrected chi connectivity index (χ4v) is 1.55. The Kier molecular flexibility index (Phi) is 3.44. The second kappa shape index (κ2) is 5.01. The van der Waals surface area contributed by atoms with Gasteiger partial charge >= 0.3 is 0 Å². The van der Waals surface area contributed by atoms with Crippen LogP contribution >= 0.6 is 11.6 Å². The topological polar surface area (TPSA) is 64.7 Å². The van der Waals surface area contributed by atoms with E-state index in [1.165, 1.54) is 0 Å². The minimum absolute atomic E-state index is 0.515. The van der Waals surface area contributed by atoms with Crippen LogP contribution in [0.1, 0.15) is 5.82 Å². The van der Waals surface area contributed by atoms with E-state index in [9.17, 15) is 0 Å². The minimum atomic E-state index is 0.515. The van der Waals surface area contributed by atoms with Crippen molar-refractivity contribution in [2.24, 2.45) is 5.73 Å². The van der Waals surface area contributed by atoms with Gasteiger partial charge in [0.15, 0.2) is 5.82 Å². The Labute approximate surface area is 98.5 Å². The van der Waals surface area contributed by atoms with Crippen LogP contribution in [0, 0.1) is 0 Å². The monoisotopic (exact) mass is 234 g/mol. The molecule has 1 aromatic heterocycles. The Bertz CT molecular complexity index is 487. The molecule has 0 spiro atoms. The third kappa shape index (κ3) is 2.53. The maximum atomic E-state index is 5.91. The zero-order valence-electron chi connectivity index (χ0n) is 8.60. The van der Waals surface area contributed by atoms with Crippen molar-refractivity contribution < 1.29 is 0 Å². The second-order valence-corrected chi connectivity index (χ2v) is 3.74. The highest BCUT2D eigenvalue weighted by Gasteiger charge is 2.03. The van der Waals surface area contributed by atoms with Crippen LogP contribution in [0.4, 0.5) is 0 Å². The van der Waals surface area contributed by atoms with Crippen LogP contribution in [0.3, 0.4) is 0 Å². The Morgan fingerprint density at radius 1 is 1.31 bits per heavy atom. The molecular formula is C11H11ClN4. The molecule has 0 atom stereocenters. The van der Waals surface area contributed by atoms with Crippen LogP contribution in [0.15, 0.2) is 30.5 Å². The molecule has 0 saturated heterocycles. The summed E-state index contributed by atoms with van der Waals surface area (Å²) in [5.41, 5.74) is 7.14. The van der Waals surface area contributed by atoms with Crippen LogP contribution in [-0.2, 0) is 6.42 Å². The summed E-state index contributed by atoms with van der Waals surface area (Å²) in [7, 11) is 0. The standard InChI is InChI=1S/C11H11ClN4/c12-9-3-1-2-8(6-9)10-7-14-16-11(15-10)4-5-13/h1-3,6-7H,4-5,13H2. The Morgan fingerprint density at radius 2 is 2.19 bits per heavy atom. The van der Waals surface area contributed by atoms with Crippen LogP contribution < -0.4 is 5.73 Å². The van der Waals surface area contributed by atoms with Crippen molar-refractivity contribution in [3.63, 3.8) is 0 Å². The number of benzene rings is 1. The van der Waals surface area contributed by atoms with Crippen LogP contribution in [-0.4, -0.2) is 21.7 Å². The maximum absolute atomic E-state index is 5.91. The largest absolute Gasteiger partial charge is 0.330 e. The van der Waals surface area contributed by atoms with E-state index in [0.29, 0.717) is 23.8 Å². The minimum Gasteiger partial charge on any atom is -0.330 e. The van der Waals surface area contributed by atoms with E-state index < -0.39 is 0 Å². The molecule has 2 aromatic rings. The van der Waals surface area contributed by atoms with E-state index in [-0.39, 0.29) is 0 Å². The number of nitrogens with two attached hydrogens (primary N) is 1. The predicted molar refractivity (Wildman–Crippen MR) is 63.0 cm³/mol. The quantitative estimate of drug-likeness (QED) is 0.878. The molecule has 1 heterocycles. The van der Waals surface area contributed by atoms with Gasteiger partial charge in [-0.05, 0) is 18.7 Å². The van der Waals surface area contributed by atoms with Gasteiger partial charge in [-0.15, -0.1) is 5.10 Å². The Balaban J connectivity index is 2.36. The lowest BCUT2D eigenvalue weighted by molar-refractivity contribution is 0.812. The average Bonchev–Trinajstić information content (AvgIpc) is 2.30. The molecule has 4 nitrogen and oxygen atoms in total. The maximum Gasteiger partial charge on any atom is 0.152 e. The van der Waals surface area contributed by atoms with Crippen LogP contribution in [0.25, 0.3) is 11.3 Å². The molecule has 1 aromatic carbocycles. The van der Waals surface area contributed by atoms with Gasteiger partial charge in [0.1, 0.15) is 0 Å². The molecule has 0 amide bonds. The Hall–Kier alpha value is -1.52. The van der Waals surface area contributed by atoms with Crippen LogP contribution in [0.5, 0.6) is 0 Å². The fraction of sp³-hybridized carbons (Fsp3) is 0.182. The summed E-state index contributed by atoms with van der Waals surface area (Å²) in [6, 6.07) is 7.47. The van der Waals surface area contributed by atoms with Crippen molar-refractivity contribution >= 4 is 11.6 Å². The van der Waals surface area contributed by atoms with Crippen molar-refractivity contribution in [1.82, 2.24) is 15.2 Å². The molecule has 16 heavy (non-hydrogen) atoms. The summed E-state index contributed by atoms with van der Waals surface area (Å²) >= 11 is 5.91. The van der Waals surface area contributed by atoms with E-state index in [2.05, 4.69) is 15.2 Å². The van der Waals surface area contributed by atoms with Crippen molar-refractivity contribution in [3.05, 3.63) is 41.3 Å². The zero-order valence-corrected chi connectivity index (χ0v) is 9.35. The highest BCUT2D eigenvalue weighted by atomic mass is 35.5. The lowest BCUT2D eigenvalue weighted by atomic mass is 10.2. The van der Waals surface area contributed by atoms with E-state index >= 15 is 0 Å². The first-order valence-electron chi connectivity index (χ1n) is 4.94. The van der Waals surface area contributed by atoms with Crippen LogP contribution in [0.2, 0.25) is 5.02 Å². The first-order valence-corrected chi connectivity index (χ1v) is 5.32. The van der Waals surface area contributed by atoms with E-state index in [1.807, 2.05) is 24.3 Å². The third-order valence-electron chi connectivity index (χ3n) is 2.09. The van der Waals surface area contributed by atoms with Crippen molar-refractivity contribution in [3.8, 4) is 11.3 Å². The lowest BCUT2D eigenvalue weighted by Crippen LogP contribution is -2.07. The van der Waals surface area contributed by atoms with Gasteiger partial charge in [-0.1, -0.05) is 23.7 Å². The van der Waals surface area contributed by atoms with Gasteiger partial charge in [0.05, 0.1) is 11.9 Å². The van der Waals surface area contributed by atoms with Gasteiger partial charge < -0.3 is 5.73 Å². The van der Waals surface area contributed by atoms with Gasteiger partial charge in [0.2, 0.25) is 0 Å². The lowest BCUT2D eigenvalue weighted by Gasteiger charge is -2.02. The van der Waals surface area contributed by atoms with Crippen molar-refractivity contribution in [2.45, 2.75) is 6.42 Å². The molecule has 82 valence electrons. The number of hydrogen-bond donors (Lipinski definition) is 1. The molecule has 2 N–H and O–H groups in total. The fourth-order valence-electron chi connectivity index (χ4n) is 1.36. The summed E-state index contributed by atoms with van der Waals surface area (Å²) in [6.07, 6.45) is 2.24. The van der Waals surface area contributed by atoms with E-state index in [0.717, 1.165) is 11.3 Å². The number of aromatic nitrogens is 3. The molecule has 0 bridgehead atoms. The number of nitrogens with zero attached hydrogens (tertiary/aromatic N) is 3. The summed E-state index contributed by atoms with van der Waals surface area (Å²) in [5.74, 6) is 0.653. The van der Waals surface area contributed by atoms with Crippen molar-refractivity contribution in [2.75, 3.05) is 6.54 Å². The summed E-state index contributed by atoms with van der Waals surface area (Å²) < 4.78 is 0. The molecule has 0 saturated carbocycles. The van der Waals surface area contributed by atoms with Gasteiger partial charge in [0.25, 0.3) is 0 Å². The average molecular weight is 235 g/mol. The third-order valence-corrected chi connectivity index (χ3v) is 2.33. The molecule has 0 unspecified atom stereocenters. The van der Waals surface area contributed by atoms with Gasteiger partial charge in [-0.2, -0.15) is 5.10 Å². The van der Waals surface area contributed by atoms with E-state index in [1.54, 1.807) is 6.20 Å². The normalized spacial score (nSPS) is 10.4. The van der Waals surface area contributed by atoms with E-state index in [4.69, 9.17) is 17.3 Å². The van der Waals surface area contributed by atoms with Crippen molar-refractivity contribution in [1.29, 1.82) is 0 Å². The van der Waals surface area contributed by atoms with Gasteiger partial charge in [0, 0.05) is 17.0 Å². The summed E-state index contributed by atoms with van der Waals surface area (Å²) in [5, 5.41) is 8.48. The number of rotatable bonds is 3. The molecule has 0 radical (unpaired) electrons. The molecular weight excluding hydrogens is 224 g/mol. The molecule has 0 aliphatic carbocycles. The highest BCUT2D eigenvalue weighted by molar-refractivity contribution is 6.30. The summed E-state index contributed by atoms with van der Waals surface area (Å²) in [4.78, 5) is 4.36. The van der Waals surface area contributed by atoms with Gasteiger partial charge in [-0.25, -0.2) is 4.98 Å². The molecule has 5 heteroatoms. The van der Waals surface area contributed by atoms with Gasteiger partial charge in [-0.3, -0.25) is 0 Å². The smallest absolute Gasteiger partial charge is 0.152 e. The highest BCUT2D eigenvalue weighted by Crippen LogP contribution is 2.19. The molecule has 2 rings (SSSR count). The second-order valence-electron chi connectivity index (χ2n) is 3.31. The summed E-state index contributed by atoms with van der Waals surface area (Å²) in [6.45, 7) is 0.515.